The molecule has 0 saturated carbocycles. The van der Waals surface area contributed by atoms with Gasteiger partial charge in [0, 0.05) is 17.3 Å². The minimum absolute atomic E-state index is 0.245. The van der Waals surface area contributed by atoms with Crippen molar-refractivity contribution >= 4 is 27.3 Å². The number of halogens is 1. The topological polar surface area (TPSA) is 38.0 Å². The van der Waals surface area contributed by atoms with E-state index in [0.717, 1.165) is 10.2 Å². The van der Waals surface area contributed by atoms with Gasteiger partial charge in [0.1, 0.15) is 6.10 Å². The Hall–Kier alpha value is -0.650. The fourth-order valence-electron chi connectivity index (χ4n) is 1.79. The molecular formula is C12H15BrN2OS. The highest BCUT2D eigenvalue weighted by Gasteiger charge is 2.19. The number of aliphatic hydroxyl groups excluding tert-OH is 1. The first-order chi connectivity index (χ1) is 8.09. The highest BCUT2D eigenvalue weighted by molar-refractivity contribution is 9.10. The molecule has 1 N–H and O–H groups in total. The maximum absolute atomic E-state index is 10.3. The molecule has 0 bridgehead atoms. The summed E-state index contributed by atoms with van der Waals surface area (Å²) in [5, 5.41) is 16.6. The highest BCUT2D eigenvalue weighted by atomic mass is 79.9. The molecule has 0 aliphatic carbocycles. The summed E-state index contributed by atoms with van der Waals surface area (Å²) in [5.41, 5.74) is 0.855. The van der Waals surface area contributed by atoms with Gasteiger partial charge in [-0.15, -0.1) is 11.3 Å². The van der Waals surface area contributed by atoms with E-state index in [0.29, 0.717) is 6.42 Å². The lowest BCUT2D eigenvalue weighted by molar-refractivity contribution is 0.165. The van der Waals surface area contributed by atoms with Gasteiger partial charge in [-0.3, -0.25) is 4.68 Å². The third kappa shape index (κ3) is 2.78. The van der Waals surface area contributed by atoms with E-state index in [2.05, 4.69) is 34.9 Å². The minimum Gasteiger partial charge on any atom is -0.386 e. The molecule has 0 fully saturated rings. The van der Waals surface area contributed by atoms with Crippen molar-refractivity contribution in [1.82, 2.24) is 9.78 Å². The van der Waals surface area contributed by atoms with Crippen LogP contribution in [0.15, 0.2) is 28.2 Å². The molecule has 2 aromatic heterocycles. The van der Waals surface area contributed by atoms with Gasteiger partial charge in [-0.05, 0) is 41.2 Å². The third-order valence-corrected chi connectivity index (χ3v) is 4.08. The molecule has 5 heteroatoms. The summed E-state index contributed by atoms with van der Waals surface area (Å²) in [4.78, 5) is 1.18. The standard InChI is InChI=1S/C12H15BrN2OS/c1-8(2)15-12(10(13)7-14-15)11(16)6-9-4-3-5-17-9/h3-5,7-8,11,16H,6H2,1-2H3. The number of nitrogens with zero attached hydrogens (tertiary/aromatic N) is 2. The number of aliphatic hydroxyl groups is 1. The van der Waals surface area contributed by atoms with Gasteiger partial charge in [0.25, 0.3) is 0 Å². The van der Waals surface area contributed by atoms with Gasteiger partial charge in [-0.2, -0.15) is 5.10 Å². The summed E-state index contributed by atoms with van der Waals surface area (Å²) in [5.74, 6) is 0. The fourth-order valence-corrected chi connectivity index (χ4v) is 3.07. The molecule has 3 nitrogen and oxygen atoms in total. The van der Waals surface area contributed by atoms with E-state index < -0.39 is 6.10 Å². The molecule has 1 atom stereocenters. The van der Waals surface area contributed by atoms with Gasteiger partial charge in [0.05, 0.1) is 16.4 Å². The molecule has 0 spiro atoms. The molecule has 92 valence electrons. The van der Waals surface area contributed by atoms with E-state index >= 15 is 0 Å². The van der Waals surface area contributed by atoms with Crippen LogP contribution in [0.1, 0.15) is 36.6 Å². The Morgan fingerprint density at radius 3 is 2.88 bits per heavy atom. The number of aromatic nitrogens is 2. The van der Waals surface area contributed by atoms with Crippen LogP contribution in [0, 0.1) is 0 Å². The van der Waals surface area contributed by atoms with E-state index in [1.54, 1.807) is 17.5 Å². The first-order valence-electron chi connectivity index (χ1n) is 5.53. The Morgan fingerprint density at radius 1 is 1.53 bits per heavy atom. The summed E-state index contributed by atoms with van der Waals surface area (Å²) < 4.78 is 2.73. The smallest absolute Gasteiger partial charge is 0.102 e. The van der Waals surface area contributed by atoms with Crippen LogP contribution in [-0.2, 0) is 6.42 Å². The van der Waals surface area contributed by atoms with Gasteiger partial charge in [0.2, 0.25) is 0 Å². The normalized spacial score (nSPS) is 13.2. The Bertz CT molecular complexity index is 479. The van der Waals surface area contributed by atoms with E-state index in [9.17, 15) is 5.11 Å². The van der Waals surface area contributed by atoms with E-state index in [1.807, 2.05) is 22.2 Å². The second-order valence-corrected chi connectivity index (χ2v) is 6.10. The van der Waals surface area contributed by atoms with Crippen LogP contribution in [0.3, 0.4) is 0 Å². The average molecular weight is 315 g/mol. The SMILES string of the molecule is CC(C)n1ncc(Br)c1C(O)Cc1cccs1. The third-order valence-electron chi connectivity index (χ3n) is 2.57. The number of hydrogen-bond donors (Lipinski definition) is 1. The second kappa shape index (κ2) is 5.33. The number of hydrogen-bond acceptors (Lipinski definition) is 3. The van der Waals surface area contributed by atoms with Crippen molar-refractivity contribution in [2.45, 2.75) is 32.4 Å². The summed E-state index contributed by atoms with van der Waals surface area (Å²) in [7, 11) is 0. The van der Waals surface area contributed by atoms with Crippen LogP contribution in [0.4, 0.5) is 0 Å². The van der Waals surface area contributed by atoms with Crippen molar-refractivity contribution in [3.63, 3.8) is 0 Å². The lowest BCUT2D eigenvalue weighted by Crippen LogP contribution is -2.13. The van der Waals surface area contributed by atoms with Crippen molar-refractivity contribution in [3.8, 4) is 0 Å². The second-order valence-electron chi connectivity index (χ2n) is 4.22. The Kier molecular flexibility index (Phi) is 4.01. The quantitative estimate of drug-likeness (QED) is 0.937. The summed E-state index contributed by atoms with van der Waals surface area (Å²) in [6.07, 6.45) is 1.86. The fraction of sp³-hybridized carbons (Fsp3) is 0.417. The zero-order valence-electron chi connectivity index (χ0n) is 9.80. The van der Waals surface area contributed by atoms with E-state index in [1.165, 1.54) is 4.88 Å². The maximum atomic E-state index is 10.3. The van der Waals surface area contributed by atoms with Crippen molar-refractivity contribution in [3.05, 3.63) is 38.8 Å². The van der Waals surface area contributed by atoms with Crippen LogP contribution in [0.5, 0.6) is 0 Å². The van der Waals surface area contributed by atoms with Gasteiger partial charge in [-0.25, -0.2) is 0 Å². The maximum Gasteiger partial charge on any atom is 0.102 e. The lowest BCUT2D eigenvalue weighted by atomic mass is 10.1. The van der Waals surface area contributed by atoms with Gasteiger partial charge >= 0.3 is 0 Å². The first kappa shape index (κ1) is 12.8. The molecule has 2 aromatic rings. The van der Waals surface area contributed by atoms with Crippen LogP contribution in [0.25, 0.3) is 0 Å². The summed E-state index contributed by atoms with van der Waals surface area (Å²) in [6, 6.07) is 4.29. The van der Waals surface area contributed by atoms with Crippen LogP contribution >= 0.6 is 27.3 Å². The van der Waals surface area contributed by atoms with E-state index in [4.69, 9.17) is 0 Å². The summed E-state index contributed by atoms with van der Waals surface area (Å²) in [6.45, 7) is 4.11. The predicted octanol–water partition coefficient (Wildman–Crippen LogP) is 3.56. The lowest BCUT2D eigenvalue weighted by Gasteiger charge is -2.16. The van der Waals surface area contributed by atoms with Crippen molar-refractivity contribution < 1.29 is 5.11 Å². The van der Waals surface area contributed by atoms with Crippen LogP contribution in [-0.4, -0.2) is 14.9 Å². The van der Waals surface area contributed by atoms with Crippen molar-refractivity contribution in [1.29, 1.82) is 0 Å². The molecule has 2 heterocycles. The zero-order chi connectivity index (χ0) is 12.4. The van der Waals surface area contributed by atoms with Crippen LogP contribution in [0.2, 0.25) is 0 Å². The van der Waals surface area contributed by atoms with Gasteiger partial charge < -0.3 is 5.11 Å². The molecule has 0 saturated heterocycles. The largest absolute Gasteiger partial charge is 0.386 e. The molecular weight excluding hydrogens is 300 g/mol. The van der Waals surface area contributed by atoms with E-state index in [-0.39, 0.29) is 6.04 Å². The zero-order valence-corrected chi connectivity index (χ0v) is 12.2. The monoisotopic (exact) mass is 314 g/mol. The Balaban J connectivity index is 2.24. The molecule has 1 unspecified atom stereocenters. The molecule has 0 aromatic carbocycles. The molecule has 17 heavy (non-hydrogen) atoms. The highest BCUT2D eigenvalue weighted by Crippen LogP contribution is 2.29. The number of thiophene rings is 1. The van der Waals surface area contributed by atoms with Crippen molar-refractivity contribution in [2.24, 2.45) is 0 Å². The molecule has 0 aliphatic rings. The molecule has 2 rings (SSSR count). The summed E-state index contributed by atoms with van der Waals surface area (Å²) >= 11 is 5.11. The molecule has 0 amide bonds. The Labute approximate surface area is 113 Å². The average Bonchev–Trinajstić information content (AvgIpc) is 2.86. The van der Waals surface area contributed by atoms with Gasteiger partial charge in [0.15, 0.2) is 0 Å². The molecule has 0 radical (unpaired) electrons. The van der Waals surface area contributed by atoms with Crippen LogP contribution < -0.4 is 0 Å². The van der Waals surface area contributed by atoms with Gasteiger partial charge in [-0.1, -0.05) is 6.07 Å². The first-order valence-corrected chi connectivity index (χ1v) is 7.20. The Morgan fingerprint density at radius 2 is 2.29 bits per heavy atom. The van der Waals surface area contributed by atoms with Crippen molar-refractivity contribution in [2.75, 3.05) is 0 Å². The number of rotatable bonds is 4. The molecule has 0 aliphatic heterocycles. The minimum atomic E-state index is -0.520. The predicted molar refractivity (Wildman–Crippen MR) is 73.3 cm³/mol.